The summed E-state index contributed by atoms with van der Waals surface area (Å²) >= 11 is 0. The maximum absolute atomic E-state index is 13.0. The summed E-state index contributed by atoms with van der Waals surface area (Å²) in [5.41, 5.74) is 3.88. The van der Waals surface area contributed by atoms with Crippen LogP contribution in [0, 0.1) is 6.92 Å². The van der Waals surface area contributed by atoms with Crippen molar-refractivity contribution in [2.75, 3.05) is 6.79 Å². The molecule has 0 fully saturated rings. The first kappa shape index (κ1) is 18.4. The van der Waals surface area contributed by atoms with Gasteiger partial charge >= 0.3 is 0 Å². The van der Waals surface area contributed by atoms with Crippen molar-refractivity contribution < 1.29 is 14.0 Å². The van der Waals surface area contributed by atoms with E-state index in [1.54, 1.807) is 35.1 Å². The molecule has 9 nitrogen and oxygen atoms in total. The lowest BCUT2D eigenvalue weighted by Crippen LogP contribution is -2.21. The van der Waals surface area contributed by atoms with Gasteiger partial charge in [-0.15, -0.1) is 0 Å². The van der Waals surface area contributed by atoms with Crippen molar-refractivity contribution in [3.63, 3.8) is 0 Å². The van der Waals surface area contributed by atoms with Crippen molar-refractivity contribution in [2.45, 2.75) is 13.5 Å². The van der Waals surface area contributed by atoms with Crippen LogP contribution in [-0.2, 0) is 6.54 Å². The van der Waals surface area contributed by atoms with Gasteiger partial charge in [0.05, 0.1) is 5.69 Å². The first-order chi connectivity index (χ1) is 15.6. The first-order valence-corrected chi connectivity index (χ1v) is 10.0. The predicted octanol–water partition coefficient (Wildman–Crippen LogP) is 3.30. The Labute approximate surface area is 181 Å². The van der Waals surface area contributed by atoms with Crippen LogP contribution in [0.1, 0.15) is 11.5 Å². The molecule has 0 saturated heterocycles. The highest BCUT2D eigenvalue weighted by molar-refractivity contribution is 5.65. The number of benzene rings is 2. The molecule has 1 aliphatic rings. The largest absolute Gasteiger partial charge is 0.454 e. The second-order valence-corrected chi connectivity index (χ2v) is 7.54. The van der Waals surface area contributed by atoms with Gasteiger partial charge in [-0.1, -0.05) is 35.0 Å². The van der Waals surface area contributed by atoms with Crippen LogP contribution >= 0.6 is 0 Å². The van der Waals surface area contributed by atoms with Gasteiger partial charge in [-0.05, 0) is 31.2 Å². The number of hydrogen-bond donors (Lipinski definition) is 0. The zero-order valence-electron chi connectivity index (χ0n) is 17.1. The summed E-state index contributed by atoms with van der Waals surface area (Å²) in [5, 5.41) is 8.56. The fourth-order valence-corrected chi connectivity index (χ4v) is 3.63. The number of ether oxygens (including phenoxy) is 2. The van der Waals surface area contributed by atoms with Crippen molar-refractivity contribution >= 4 is 5.52 Å². The Morgan fingerprint density at radius 3 is 2.66 bits per heavy atom. The van der Waals surface area contributed by atoms with Crippen molar-refractivity contribution in [1.82, 2.24) is 24.3 Å². The van der Waals surface area contributed by atoms with E-state index in [0.717, 1.165) is 16.8 Å². The maximum atomic E-state index is 13.0. The van der Waals surface area contributed by atoms with Gasteiger partial charge in [0.25, 0.3) is 5.56 Å². The van der Waals surface area contributed by atoms with Crippen LogP contribution in [0.3, 0.4) is 0 Å². The lowest BCUT2D eigenvalue weighted by Gasteiger charge is -2.02. The quantitative estimate of drug-likeness (QED) is 0.434. The van der Waals surface area contributed by atoms with Gasteiger partial charge in [0.2, 0.25) is 18.5 Å². The van der Waals surface area contributed by atoms with Crippen LogP contribution in [0.4, 0.5) is 0 Å². The van der Waals surface area contributed by atoms with E-state index in [-0.39, 0.29) is 18.9 Å². The van der Waals surface area contributed by atoms with E-state index in [1.807, 2.05) is 37.3 Å². The highest BCUT2D eigenvalue weighted by Crippen LogP contribution is 2.35. The molecule has 0 radical (unpaired) electrons. The molecule has 3 aromatic heterocycles. The number of rotatable bonds is 4. The molecular weight excluding hydrogens is 410 g/mol. The lowest BCUT2D eigenvalue weighted by molar-refractivity contribution is 0.174. The van der Waals surface area contributed by atoms with Crippen LogP contribution in [0.2, 0.25) is 0 Å². The van der Waals surface area contributed by atoms with E-state index in [1.165, 1.54) is 10.1 Å². The van der Waals surface area contributed by atoms with Gasteiger partial charge in [-0.3, -0.25) is 4.79 Å². The van der Waals surface area contributed by atoms with Gasteiger partial charge in [0.15, 0.2) is 11.5 Å². The summed E-state index contributed by atoms with van der Waals surface area (Å²) in [4.78, 5) is 17.4. The number of nitrogens with zero attached hydrogens (tertiary/aromatic N) is 5. The third-order valence-electron chi connectivity index (χ3n) is 5.36. The second kappa shape index (κ2) is 7.09. The molecule has 1 aliphatic heterocycles. The molecular formula is C23H17N5O4. The second-order valence-electron chi connectivity index (χ2n) is 7.54. The normalized spacial score (nSPS) is 12.5. The van der Waals surface area contributed by atoms with Gasteiger partial charge < -0.3 is 18.6 Å². The lowest BCUT2D eigenvalue weighted by atomic mass is 10.1. The van der Waals surface area contributed by atoms with Gasteiger partial charge in [-0.25, -0.2) is 4.52 Å². The summed E-state index contributed by atoms with van der Waals surface area (Å²) in [6.07, 6.45) is 3.40. The molecule has 9 heteroatoms. The van der Waals surface area contributed by atoms with Gasteiger partial charge in [0.1, 0.15) is 12.1 Å². The fraction of sp³-hybridized carbons (Fsp3) is 0.130. The Bertz CT molecular complexity index is 1510. The highest BCUT2D eigenvalue weighted by atomic mass is 16.7. The molecule has 0 spiro atoms. The minimum Gasteiger partial charge on any atom is -0.454 e. The van der Waals surface area contributed by atoms with Crippen molar-refractivity contribution in [1.29, 1.82) is 0 Å². The van der Waals surface area contributed by atoms with Gasteiger partial charge in [-0.2, -0.15) is 10.1 Å². The Morgan fingerprint density at radius 2 is 1.78 bits per heavy atom. The van der Waals surface area contributed by atoms with Crippen LogP contribution < -0.4 is 15.0 Å². The molecule has 0 N–H and O–H groups in total. The van der Waals surface area contributed by atoms with Crippen LogP contribution in [0.5, 0.6) is 11.5 Å². The van der Waals surface area contributed by atoms with E-state index in [4.69, 9.17) is 14.0 Å². The minimum absolute atomic E-state index is 0.151. The predicted molar refractivity (Wildman–Crippen MR) is 115 cm³/mol. The molecule has 5 aromatic rings. The number of aromatic nitrogens is 5. The molecule has 2 aromatic carbocycles. The third-order valence-corrected chi connectivity index (χ3v) is 5.36. The zero-order chi connectivity index (χ0) is 21.7. The maximum Gasteiger partial charge on any atom is 0.277 e. The smallest absolute Gasteiger partial charge is 0.277 e. The summed E-state index contributed by atoms with van der Waals surface area (Å²) in [6.45, 7) is 2.38. The molecule has 6 rings (SSSR count). The van der Waals surface area contributed by atoms with E-state index < -0.39 is 0 Å². The molecule has 0 bridgehead atoms. The molecule has 4 heterocycles. The Kier molecular flexibility index (Phi) is 4.07. The molecule has 0 unspecified atom stereocenters. The summed E-state index contributed by atoms with van der Waals surface area (Å²) in [7, 11) is 0. The topological polar surface area (TPSA) is 96.7 Å². The number of aryl methyl sites for hydroxylation is 1. The third kappa shape index (κ3) is 3.11. The van der Waals surface area contributed by atoms with Crippen molar-refractivity contribution in [3.8, 4) is 34.1 Å². The minimum atomic E-state index is -0.193. The molecule has 158 valence electrons. The molecule has 32 heavy (non-hydrogen) atoms. The Hall–Kier alpha value is -4.40. The standard InChI is InChI=1S/C23H17N5O4/c1-14-2-4-15(5-3-14)17-11-18-23(29)27(8-9-28(18)25-17)12-21-24-22(26-32-21)16-6-7-19-20(10-16)31-13-30-19/h2-11H,12-13H2,1H3. The number of fused-ring (bicyclic) bond motifs is 2. The fourth-order valence-electron chi connectivity index (χ4n) is 3.63. The van der Waals surface area contributed by atoms with Crippen molar-refractivity contribution in [3.05, 3.63) is 82.7 Å². The van der Waals surface area contributed by atoms with Crippen LogP contribution in [-0.4, -0.2) is 31.1 Å². The Balaban J connectivity index is 1.29. The molecule has 0 saturated carbocycles. The SMILES string of the molecule is Cc1ccc(-c2cc3c(=O)n(Cc4nc(-c5ccc6c(c5)OCO6)no4)ccn3n2)cc1. The summed E-state index contributed by atoms with van der Waals surface area (Å²) < 4.78 is 19.2. The average Bonchev–Trinajstić information content (AvgIpc) is 3.55. The Morgan fingerprint density at radius 1 is 0.969 bits per heavy atom. The summed E-state index contributed by atoms with van der Waals surface area (Å²) in [6, 6.07) is 15.2. The first-order valence-electron chi connectivity index (χ1n) is 10.0. The highest BCUT2D eigenvalue weighted by Gasteiger charge is 2.17. The van der Waals surface area contributed by atoms with Crippen LogP contribution in [0.25, 0.3) is 28.2 Å². The molecule has 0 amide bonds. The zero-order valence-corrected chi connectivity index (χ0v) is 17.1. The van der Waals surface area contributed by atoms with E-state index in [2.05, 4.69) is 15.2 Å². The van der Waals surface area contributed by atoms with E-state index >= 15 is 0 Å². The summed E-state index contributed by atoms with van der Waals surface area (Å²) in [5.74, 6) is 2.06. The monoisotopic (exact) mass is 427 g/mol. The van der Waals surface area contributed by atoms with E-state index in [0.29, 0.717) is 28.7 Å². The average molecular weight is 427 g/mol. The molecule has 0 aliphatic carbocycles. The van der Waals surface area contributed by atoms with E-state index in [9.17, 15) is 4.79 Å². The van der Waals surface area contributed by atoms with Gasteiger partial charge in [0, 0.05) is 23.5 Å². The number of hydrogen-bond acceptors (Lipinski definition) is 7. The van der Waals surface area contributed by atoms with Crippen molar-refractivity contribution in [2.24, 2.45) is 0 Å². The molecule has 0 atom stereocenters. The van der Waals surface area contributed by atoms with Crippen LogP contribution in [0.15, 0.2) is 70.2 Å².